The van der Waals surface area contributed by atoms with Crippen LogP contribution >= 0.6 is 0 Å². The van der Waals surface area contributed by atoms with Crippen molar-refractivity contribution in [2.24, 2.45) is 5.92 Å². The van der Waals surface area contributed by atoms with Gasteiger partial charge in [0.1, 0.15) is 24.4 Å². The fourth-order valence-corrected chi connectivity index (χ4v) is 6.49. The molecule has 2 aliphatic heterocycles. The first-order valence-electron chi connectivity index (χ1n) is 17.9. The Hall–Kier alpha value is -4.74. The lowest BCUT2D eigenvalue weighted by molar-refractivity contribution is -0.138. The van der Waals surface area contributed by atoms with Crippen LogP contribution in [0.4, 0.5) is 0 Å². The summed E-state index contributed by atoms with van der Waals surface area (Å²) in [7, 11) is 1.73. The maximum Gasteiger partial charge on any atom is 0.255 e. The van der Waals surface area contributed by atoms with Gasteiger partial charge in [0.15, 0.2) is 0 Å². The normalized spacial score (nSPS) is 21.1. The van der Waals surface area contributed by atoms with E-state index in [1.807, 2.05) is 56.3 Å². The van der Waals surface area contributed by atoms with Crippen molar-refractivity contribution in [1.29, 1.82) is 0 Å². The Morgan fingerprint density at radius 3 is 2.37 bits per heavy atom. The SMILES string of the molecule is CC(C)C[C@@H]1NC(=O)CC[C@@H](C(=O)NCc2cccc(CN3CCOCC3)c2)NC(=O)c2ccccc2OC[C@@H](Cc2ccccc2)N(C)C1=O. The molecular formula is C40H51N5O6. The number of hydrogen-bond donors (Lipinski definition) is 3. The highest BCUT2D eigenvalue weighted by molar-refractivity contribution is 5.99. The van der Waals surface area contributed by atoms with Gasteiger partial charge in [0.2, 0.25) is 17.7 Å². The number of nitrogens with zero attached hydrogens (tertiary/aromatic N) is 2. The summed E-state index contributed by atoms with van der Waals surface area (Å²) in [5.41, 5.74) is 3.35. The predicted octanol–water partition coefficient (Wildman–Crippen LogP) is 3.71. The predicted molar refractivity (Wildman–Crippen MR) is 195 cm³/mol. The van der Waals surface area contributed by atoms with Gasteiger partial charge in [-0.3, -0.25) is 24.1 Å². The smallest absolute Gasteiger partial charge is 0.255 e. The number of morpholine rings is 1. The van der Waals surface area contributed by atoms with Gasteiger partial charge in [0.05, 0.1) is 24.8 Å². The van der Waals surface area contributed by atoms with Crippen molar-refractivity contribution in [2.45, 2.75) is 70.7 Å². The Balaban J connectivity index is 1.36. The van der Waals surface area contributed by atoms with Gasteiger partial charge in [-0.05, 0) is 54.0 Å². The van der Waals surface area contributed by atoms with Crippen LogP contribution in [0.1, 0.15) is 60.2 Å². The molecule has 2 aliphatic rings. The maximum absolute atomic E-state index is 14.0. The fraction of sp³-hybridized carbons (Fsp3) is 0.450. The minimum atomic E-state index is -1.01. The highest BCUT2D eigenvalue weighted by Crippen LogP contribution is 2.21. The molecule has 51 heavy (non-hydrogen) atoms. The van der Waals surface area contributed by atoms with E-state index >= 15 is 0 Å². The summed E-state index contributed by atoms with van der Waals surface area (Å²) in [5.74, 6) is -1.01. The largest absolute Gasteiger partial charge is 0.491 e. The van der Waals surface area contributed by atoms with Crippen molar-refractivity contribution in [3.63, 3.8) is 0 Å². The molecule has 0 saturated carbocycles. The van der Waals surface area contributed by atoms with E-state index in [0.29, 0.717) is 18.6 Å². The molecule has 3 atom stereocenters. The number of likely N-dealkylation sites (N-methyl/N-ethyl adjacent to an activating group) is 1. The molecule has 5 rings (SSSR count). The monoisotopic (exact) mass is 697 g/mol. The number of carbonyl (C=O) groups excluding carboxylic acids is 4. The van der Waals surface area contributed by atoms with Crippen molar-refractivity contribution >= 4 is 23.6 Å². The van der Waals surface area contributed by atoms with Gasteiger partial charge in [0, 0.05) is 39.6 Å². The van der Waals surface area contributed by atoms with Crippen LogP contribution in [0.25, 0.3) is 0 Å². The van der Waals surface area contributed by atoms with E-state index in [4.69, 9.17) is 9.47 Å². The molecular weight excluding hydrogens is 646 g/mol. The molecule has 1 fully saturated rings. The molecule has 2 heterocycles. The second-order valence-electron chi connectivity index (χ2n) is 13.8. The molecule has 4 amide bonds. The third kappa shape index (κ3) is 11.1. The zero-order valence-corrected chi connectivity index (χ0v) is 29.9. The molecule has 272 valence electrons. The average molecular weight is 698 g/mol. The number of ether oxygens (including phenoxy) is 2. The topological polar surface area (TPSA) is 129 Å². The first kappa shape index (κ1) is 37.5. The summed E-state index contributed by atoms with van der Waals surface area (Å²) in [4.78, 5) is 58.8. The number of nitrogens with one attached hydrogen (secondary N) is 3. The third-order valence-corrected chi connectivity index (χ3v) is 9.36. The molecule has 1 saturated heterocycles. The molecule has 11 heteroatoms. The fourth-order valence-electron chi connectivity index (χ4n) is 6.49. The summed E-state index contributed by atoms with van der Waals surface area (Å²) < 4.78 is 11.8. The number of carbonyl (C=O) groups is 4. The van der Waals surface area contributed by atoms with Gasteiger partial charge in [0.25, 0.3) is 5.91 Å². The first-order chi connectivity index (χ1) is 24.7. The van der Waals surface area contributed by atoms with Crippen LogP contribution in [0.3, 0.4) is 0 Å². The highest BCUT2D eigenvalue weighted by Gasteiger charge is 2.31. The maximum atomic E-state index is 14.0. The quantitative estimate of drug-likeness (QED) is 0.311. The van der Waals surface area contributed by atoms with Crippen LogP contribution in [-0.2, 0) is 38.6 Å². The molecule has 0 radical (unpaired) electrons. The Morgan fingerprint density at radius 2 is 1.61 bits per heavy atom. The first-order valence-corrected chi connectivity index (χ1v) is 17.9. The van der Waals surface area contributed by atoms with E-state index in [9.17, 15) is 19.2 Å². The second kappa shape index (κ2) is 18.5. The average Bonchev–Trinajstić information content (AvgIpc) is 3.13. The summed E-state index contributed by atoms with van der Waals surface area (Å²) >= 11 is 0. The Bertz CT molecular complexity index is 1630. The van der Waals surface area contributed by atoms with Crippen LogP contribution in [0.15, 0.2) is 78.9 Å². The van der Waals surface area contributed by atoms with E-state index in [-0.39, 0.29) is 49.3 Å². The van der Waals surface area contributed by atoms with Gasteiger partial charge in [-0.2, -0.15) is 0 Å². The molecule has 0 aliphatic carbocycles. The Morgan fingerprint density at radius 1 is 0.902 bits per heavy atom. The molecule has 0 spiro atoms. The standard InChI is InChI=1S/C40H51N5O6/c1-28(2)22-35-40(49)44(3)32(24-29-10-5-4-6-11-29)27-51-36-15-8-7-14-33(36)38(47)43-34(16-17-37(46)42-35)39(48)41-25-30-12-9-13-31(23-30)26-45-18-20-50-21-19-45/h4-15,23,28,32,34-35H,16-22,24-27H2,1-3H3,(H,41,48)(H,42,46)(H,43,47)/t32-,34+,35+/m1/s1. The minimum absolute atomic E-state index is 0.0402. The molecule has 0 bridgehead atoms. The van der Waals surface area contributed by atoms with Gasteiger partial charge in [-0.1, -0.05) is 80.6 Å². The van der Waals surface area contributed by atoms with Crippen molar-refractivity contribution in [3.05, 3.63) is 101 Å². The second-order valence-corrected chi connectivity index (χ2v) is 13.8. The van der Waals surface area contributed by atoms with E-state index in [0.717, 1.165) is 49.5 Å². The summed E-state index contributed by atoms with van der Waals surface area (Å²) in [6.45, 7) is 8.37. The lowest BCUT2D eigenvalue weighted by Gasteiger charge is -2.32. The van der Waals surface area contributed by atoms with E-state index in [1.165, 1.54) is 0 Å². The molecule has 0 unspecified atom stereocenters. The van der Waals surface area contributed by atoms with Crippen LogP contribution in [0.5, 0.6) is 5.75 Å². The van der Waals surface area contributed by atoms with Crippen LogP contribution < -0.4 is 20.7 Å². The van der Waals surface area contributed by atoms with Crippen LogP contribution in [-0.4, -0.2) is 91.5 Å². The molecule has 0 aromatic heterocycles. The number of hydrogen-bond acceptors (Lipinski definition) is 7. The van der Waals surface area contributed by atoms with Gasteiger partial charge < -0.3 is 30.3 Å². The third-order valence-electron chi connectivity index (χ3n) is 9.36. The van der Waals surface area contributed by atoms with Crippen LogP contribution in [0, 0.1) is 5.92 Å². The zero-order chi connectivity index (χ0) is 36.2. The van der Waals surface area contributed by atoms with Crippen molar-refractivity contribution in [2.75, 3.05) is 40.0 Å². The zero-order valence-electron chi connectivity index (χ0n) is 29.9. The number of benzene rings is 3. The lowest BCUT2D eigenvalue weighted by Crippen LogP contribution is -2.53. The van der Waals surface area contributed by atoms with Crippen molar-refractivity contribution in [1.82, 2.24) is 25.8 Å². The number of fused-ring (bicyclic) bond motifs is 1. The van der Waals surface area contributed by atoms with E-state index in [1.54, 1.807) is 36.2 Å². The van der Waals surface area contributed by atoms with E-state index < -0.39 is 29.9 Å². The van der Waals surface area contributed by atoms with Crippen molar-refractivity contribution in [3.8, 4) is 5.75 Å². The highest BCUT2D eigenvalue weighted by atomic mass is 16.5. The molecule has 3 aromatic rings. The van der Waals surface area contributed by atoms with Gasteiger partial charge >= 0.3 is 0 Å². The number of amides is 4. The number of para-hydroxylation sites is 1. The van der Waals surface area contributed by atoms with E-state index in [2.05, 4.69) is 33.0 Å². The van der Waals surface area contributed by atoms with Gasteiger partial charge in [-0.15, -0.1) is 0 Å². The molecule has 3 aromatic carbocycles. The Kier molecular flexibility index (Phi) is 13.6. The minimum Gasteiger partial charge on any atom is -0.491 e. The molecule has 3 N–H and O–H groups in total. The summed E-state index contributed by atoms with van der Waals surface area (Å²) in [6.07, 6.45) is 0.934. The lowest BCUT2D eigenvalue weighted by atomic mass is 10.00. The summed E-state index contributed by atoms with van der Waals surface area (Å²) in [6, 6.07) is 22.6. The summed E-state index contributed by atoms with van der Waals surface area (Å²) in [5, 5.41) is 8.78. The van der Waals surface area contributed by atoms with Gasteiger partial charge in [-0.25, -0.2) is 0 Å². The Labute approximate surface area is 301 Å². The van der Waals surface area contributed by atoms with Crippen LogP contribution in [0.2, 0.25) is 0 Å². The molecule has 11 nitrogen and oxygen atoms in total. The number of rotatable bonds is 9. The van der Waals surface area contributed by atoms with Crippen molar-refractivity contribution < 1.29 is 28.7 Å².